The van der Waals surface area contributed by atoms with Crippen LogP contribution in [0.15, 0.2) is 24.4 Å². The lowest BCUT2D eigenvalue weighted by atomic mass is 10.2. The van der Waals surface area contributed by atoms with Crippen LogP contribution in [0.1, 0.15) is 19.5 Å². The van der Waals surface area contributed by atoms with Gasteiger partial charge in [-0.1, -0.05) is 22.0 Å². The van der Waals surface area contributed by atoms with Crippen molar-refractivity contribution in [1.82, 2.24) is 9.88 Å². The largest absolute Gasteiger partial charge is 0.339 e. The summed E-state index contributed by atoms with van der Waals surface area (Å²) in [5, 5.41) is 0. The van der Waals surface area contributed by atoms with Gasteiger partial charge in [-0.05, 0) is 26.0 Å². The summed E-state index contributed by atoms with van der Waals surface area (Å²) in [5.41, 5.74) is 0.894. The van der Waals surface area contributed by atoms with Gasteiger partial charge in [-0.3, -0.25) is 9.78 Å². The van der Waals surface area contributed by atoms with E-state index in [0.717, 1.165) is 5.69 Å². The summed E-state index contributed by atoms with van der Waals surface area (Å²) < 4.78 is -0.517. The smallest absolute Gasteiger partial charge is 0.238 e. The molecule has 0 spiro atoms. The van der Waals surface area contributed by atoms with Crippen LogP contribution in [0.5, 0.6) is 0 Å². The van der Waals surface area contributed by atoms with E-state index < -0.39 is 4.32 Å². The predicted octanol–water partition coefficient (Wildman–Crippen LogP) is 2.21. The number of halogens is 1. The minimum atomic E-state index is -0.517. The van der Waals surface area contributed by atoms with Gasteiger partial charge in [0, 0.05) is 13.2 Å². The van der Waals surface area contributed by atoms with Gasteiger partial charge in [0.1, 0.15) is 0 Å². The molecule has 0 aliphatic heterocycles. The van der Waals surface area contributed by atoms with Crippen molar-refractivity contribution >= 4 is 21.8 Å². The molecule has 0 aliphatic carbocycles. The summed E-state index contributed by atoms with van der Waals surface area (Å²) in [5.74, 6) is 0.0492. The third-order valence-electron chi connectivity index (χ3n) is 1.98. The van der Waals surface area contributed by atoms with E-state index in [1.54, 1.807) is 18.1 Å². The molecule has 0 aromatic carbocycles. The molecule has 1 heterocycles. The fourth-order valence-corrected chi connectivity index (χ4v) is 1.56. The number of alkyl halides is 1. The lowest BCUT2D eigenvalue weighted by molar-refractivity contribution is -0.132. The van der Waals surface area contributed by atoms with Crippen molar-refractivity contribution in [1.29, 1.82) is 0 Å². The highest BCUT2D eigenvalue weighted by Crippen LogP contribution is 2.19. The molecule has 1 aromatic heterocycles. The van der Waals surface area contributed by atoms with Gasteiger partial charge < -0.3 is 4.90 Å². The van der Waals surface area contributed by atoms with E-state index in [0.29, 0.717) is 6.54 Å². The van der Waals surface area contributed by atoms with Gasteiger partial charge in [-0.25, -0.2) is 0 Å². The van der Waals surface area contributed by atoms with Crippen LogP contribution in [-0.4, -0.2) is 27.2 Å². The second-order valence-electron chi connectivity index (χ2n) is 3.95. The molecular formula is C11H15BrN2O. The van der Waals surface area contributed by atoms with Gasteiger partial charge in [0.05, 0.1) is 16.6 Å². The van der Waals surface area contributed by atoms with Crippen molar-refractivity contribution in [2.75, 3.05) is 7.05 Å². The SMILES string of the molecule is CN(Cc1ccccn1)C(=O)C(C)(C)Br. The number of rotatable bonds is 3. The monoisotopic (exact) mass is 270 g/mol. The van der Waals surface area contributed by atoms with Gasteiger partial charge in [-0.2, -0.15) is 0 Å². The highest BCUT2D eigenvalue weighted by Gasteiger charge is 2.26. The Kier molecular flexibility index (Phi) is 3.85. The number of aromatic nitrogens is 1. The first-order valence-electron chi connectivity index (χ1n) is 4.75. The molecule has 0 saturated heterocycles. The number of carbonyl (C=O) groups is 1. The van der Waals surface area contributed by atoms with Crippen LogP contribution in [0, 0.1) is 0 Å². The first kappa shape index (κ1) is 12.2. The van der Waals surface area contributed by atoms with E-state index in [4.69, 9.17) is 0 Å². The molecule has 1 aromatic rings. The molecule has 4 heteroatoms. The predicted molar refractivity (Wildman–Crippen MR) is 63.7 cm³/mol. The van der Waals surface area contributed by atoms with Gasteiger partial charge >= 0.3 is 0 Å². The van der Waals surface area contributed by atoms with Gasteiger partial charge in [0.25, 0.3) is 0 Å². The quantitative estimate of drug-likeness (QED) is 0.790. The van der Waals surface area contributed by atoms with Crippen LogP contribution >= 0.6 is 15.9 Å². The summed E-state index contributed by atoms with van der Waals surface area (Å²) in [4.78, 5) is 17.7. The lowest BCUT2D eigenvalue weighted by Crippen LogP contribution is -2.38. The summed E-state index contributed by atoms with van der Waals surface area (Å²) in [6, 6.07) is 5.69. The Bertz CT molecular complexity index is 332. The summed E-state index contributed by atoms with van der Waals surface area (Å²) in [6.45, 7) is 4.21. The van der Waals surface area contributed by atoms with E-state index in [2.05, 4.69) is 20.9 Å². The summed E-state index contributed by atoms with van der Waals surface area (Å²) >= 11 is 3.35. The first-order chi connectivity index (χ1) is 6.91. The molecule has 0 saturated carbocycles. The molecule has 0 fully saturated rings. The minimum Gasteiger partial charge on any atom is -0.339 e. The highest BCUT2D eigenvalue weighted by molar-refractivity contribution is 9.10. The molecule has 0 N–H and O–H groups in total. The number of nitrogens with zero attached hydrogens (tertiary/aromatic N) is 2. The molecule has 3 nitrogen and oxygen atoms in total. The zero-order valence-corrected chi connectivity index (χ0v) is 10.8. The molecule has 0 atom stereocenters. The molecule has 1 amide bonds. The zero-order valence-electron chi connectivity index (χ0n) is 9.20. The Hall–Kier alpha value is -0.900. The normalized spacial score (nSPS) is 11.2. The van der Waals surface area contributed by atoms with E-state index >= 15 is 0 Å². The van der Waals surface area contributed by atoms with Gasteiger partial charge in [0.15, 0.2) is 0 Å². The highest BCUT2D eigenvalue weighted by atomic mass is 79.9. The summed E-state index contributed by atoms with van der Waals surface area (Å²) in [7, 11) is 1.78. The van der Waals surface area contributed by atoms with Crippen molar-refractivity contribution in [2.45, 2.75) is 24.7 Å². The van der Waals surface area contributed by atoms with E-state index in [1.807, 2.05) is 32.0 Å². The van der Waals surface area contributed by atoms with Crippen LogP contribution in [0.25, 0.3) is 0 Å². The standard InChI is InChI=1S/C11H15BrN2O/c1-11(2,12)10(15)14(3)8-9-6-4-5-7-13-9/h4-7H,8H2,1-3H3. The number of hydrogen-bond donors (Lipinski definition) is 0. The van der Waals surface area contributed by atoms with Crippen LogP contribution in [0.2, 0.25) is 0 Å². The average molecular weight is 271 g/mol. The molecule has 0 unspecified atom stereocenters. The average Bonchev–Trinajstić information content (AvgIpc) is 2.16. The van der Waals surface area contributed by atoms with Crippen LogP contribution in [0.3, 0.4) is 0 Å². The molecule has 15 heavy (non-hydrogen) atoms. The van der Waals surface area contributed by atoms with Gasteiger partial charge in [-0.15, -0.1) is 0 Å². The third kappa shape index (κ3) is 3.63. The summed E-state index contributed by atoms with van der Waals surface area (Å²) in [6.07, 6.45) is 1.73. The molecule has 0 radical (unpaired) electrons. The molecule has 1 rings (SSSR count). The third-order valence-corrected chi connectivity index (χ3v) is 2.32. The maximum atomic E-state index is 11.8. The maximum Gasteiger partial charge on any atom is 0.238 e. The lowest BCUT2D eigenvalue weighted by Gasteiger charge is -2.24. The molecule has 0 aliphatic rings. The Morgan fingerprint density at radius 1 is 1.53 bits per heavy atom. The van der Waals surface area contributed by atoms with Crippen molar-refractivity contribution in [3.8, 4) is 0 Å². The number of carbonyl (C=O) groups excluding carboxylic acids is 1. The molecule has 0 bridgehead atoms. The first-order valence-corrected chi connectivity index (χ1v) is 5.55. The molecule has 82 valence electrons. The number of hydrogen-bond acceptors (Lipinski definition) is 2. The van der Waals surface area contributed by atoms with E-state index in [1.165, 1.54) is 0 Å². The van der Waals surface area contributed by atoms with Crippen LogP contribution in [0.4, 0.5) is 0 Å². The van der Waals surface area contributed by atoms with Crippen molar-refractivity contribution in [3.05, 3.63) is 30.1 Å². The van der Waals surface area contributed by atoms with Crippen molar-refractivity contribution < 1.29 is 4.79 Å². The second kappa shape index (κ2) is 4.75. The van der Waals surface area contributed by atoms with Crippen molar-refractivity contribution in [3.63, 3.8) is 0 Å². The fourth-order valence-electron chi connectivity index (χ4n) is 1.26. The zero-order chi connectivity index (χ0) is 11.5. The second-order valence-corrected chi connectivity index (χ2v) is 5.94. The van der Waals surface area contributed by atoms with Gasteiger partial charge in [0.2, 0.25) is 5.91 Å². The van der Waals surface area contributed by atoms with E-state index in [-0.39, 0.29) is 5.91 Å². The topological polar surface area (TPSA) is 33.2 Å². The fraction of sp³-hybridized carbons (Fsp3) is 0.455. The van der Waals surface area contributed by atoms with Crippen LogP contribution in [-0.2, 0) is 11.3 Å². The number of pyridine rings is 1. The van der Waals surface area contributed by atoms with Crippen LogP contribution < -0.4 is 0 Å². The minimum absolute atomic E-state index is 0.0492. The Balaban J connectivity index is 2.65. The Morgan fingerprint density at radius 3 is 2.67 bits per heavy atom. The molecular weight excluding hydrogens is 256 g/mol. The Morgan fingerprint density at radius 2 is 2.20 bits per heavy atom. The Labute approximate surface area is 98.6 Å². The van der Waals surface area contributed by atoms with E-state index in [9.17, 15) is 4.79 Å². The maximum absolute atomic E-state index is 11.8. The van der Waals surface area contributed by atoms with Crippen molar-refractivity contribution in [2.24, 2.45) is 0 Å². The number of amides is 1.